The van der Waals surface area contributed by atoms with Gasteiger partial charge in [-0.3, -0.25) is 4.79 Å². The molecule has 5 nitrogen and oxygen atoms in total. The van der Waals surface area contributed by atoms with Crippen molar-refractivity contribution in [3.05, 3.63) is 15.6 Å². The van der Waals surface area contributed by atoms with Crippen molar-refractivity contribution in [2.45, 2.75) is 46.5 Å². The summed E-state index contributed by atoms with van der Waals surface area (Å²) >= 11 is 1.12. The number of amides is 1. The Labute approximate surface area is 123 Å². The van der Waals surface area contributed by atoms with Gasteiger partial charge in [-0.25, -0.2) is 9.78 Å². The Morgan fingerprint density at radius 1 is 1.20 bits per heavy atom. The fourth-order valence-electron chi connectivity index (χ4n) is 2.03. The topological polar surface area (TPSA) is 70.5 Å². The van der Waals surface area contributed by atoms with Crippen molar-refractivity contribution in [1.82, 2.24) is 9.88 Å². The molecule has 1 heterocycles. The highest BCUT2D eigenvalue weighted by Crippen LogP contribution is 2.20. The monoisotopic (exact) mass is 298 g/mol. The molecule has 1 aromatic rings. The van der Waals surface area contributed by atoms with Crippen LogP contribution in [0.2, 0.25) is 0 Å². The van der Waals surface area contributed by atoms with Crippen molar-refractivity contribution < 1.29 is 14.7 Å². The first-order chi connectivity index (χ1) is 9.53. The van der Waals surface area contributed by atoms with Crippen LogP contribution in [-0.2, 0) is 17.6 Å². The van der Waals surface area contributed by atoms with Gasteiger partial charge in [-0.1, -0.05) is 20.8 Å². The molecule has 0 aliphatic carbocycles. The van der Waals surface area contributed by atoms with Crippen molar-refractivity contribution >= 4 is 23.2 Å². The molecule has 112 valence electrons. The van der Waals surface area contributed by atoms with Crippen molar-refractivity contribution in [2.75, 3.05) is 13.1 Å². The molecular formula is C14H22N2O3S. The predicted molar refractivity (Wildman–Crippen MR) is 79.3 cm³/mol. The minimum atomic E-state index is -0.961. The molecule has 0 bridgehead atoms. The Kier molecular flexibility index (Phi) is 6.64. The second kappa shape index (κ2) is 7.99. The SMILES string of the molecule is CCCN(CCC)C(=O)Cc1nc(CC)c(C(=O)O)s1. The van der Waals surface area contributed by atoms with Crippen LogP contribution in [0.1, 0.15) is 54.0 Å². The summed E-state index contributed by atoms with van der Waals surface area (Å²) in [6.45, 7) is 7.43. The molecule has 1 N–H and O–H groups in total. The van der Waals surface area contributed by atoms with Gasteiger partial charge in [0.05, 0.1) is 12.1 Å². The van der Waals surface area contributed by atoms with Crippen molar-refractivity contribution in [1.29, 1.82) is 0 Å². The van der Waals surface area contributed by atoms with Gasteiger partial charge in [0, 0.05) is 13.1 Å². The van der Waals surface area contributed by atoms with Crippen molar-refractivity contribution in [3.8, 4) is 0 Å². The summed E-state index contributed by atoms with van der Waals surface area (Å²) in [5.74, 6) is -0.931. The minimum absolute atomic E-state index is 0.0297. The Hall–Kier alpha value is -1.43. The summed E-state index contributed by atoms with van der Waals surface area (Å²) in [6.07, 6.45) is 2.61. The molecule has 0 aliphatic rings. The zero-order valence-corrected chi connectivity index (χ0v) is 13.1. The number of thiazole rings is 1. The highest BCUT2D eigenvalue weighted by molar-refractivity contribution is 7.13. The second-order valence-corrected chi connectivity index (χ2v) is 5.68. The van der Waals surface area contributed by atoms with Crippen molar-refractivity contribution in [3.63, 3.8) is 0 Å². The number of carboxylic acid groups (broad SMARTS) is 1. The molecule has 1 aromatic heterocycles. The molecular weight excluding hydrogens is 276 g/mol. The summed E-state index contributed by atoms with van der Waals surface area (Å²) in [6, 6.07) is 0. The molecule has 6 heteroatoms. The number of carbonyl (C=O) groups is 2. The lowest BCUT2D eigenvalue weighted by molar-refractivity contribution is -0.130. The molecule has 1 rings (SSSR count). The second-order valence-electron chi connectivity index (χ2n) is 4.60. The molecule has 0 radical (unpaired) electrons. The van der Waals surface area contributed by atoms with E-state index >= 15 is 0 Å². The van der Waals surface area contributed by atoms with E-state index in [1.54, 1.807) is 0 Å². The molecule has 0 aliphatic heterocycles. The third-order valence-electron chi connectivity index (χ3n) is 2.91. The van der Waals surface area contributed by atoms with Crippen LogP contribution in [0.25, 0.3) is 0 Å². The molecule has 0 aromatic carbocycles. The van der Waals surface area contributed by atoms with E-state index in [2.05, 4.69) is 4.98 Å². The lowest BCUT2D eigenvalue weighted by Crippen LogP contribution is -2.33. The van der Waals surface area contributed by atoms with Crippen molar-refractivity contribution in [2.24, 2.45) is 0 Å². The fraction of sp³-hybridized carbons (Fsp3) is 0.643. The summed E-state index contributed by atoms with van der Waals surface area (Å²) in [4.78, 5) is 29.7. The van der Waals surface area contributed by atoms with Crippen LogP contribution in [0.5, 0.6) is 0 Å². The van der Waals surface area contributed by atoms with E-state index in [9.17, 15) is 9.59 Å². The number of carbonyl (C=O) groups excluding carboxylic acids is 1. The molecule has 0 fully saturated rings. The van der Waals surface area contributed by atoms with Crippen LogP contribution in [-0.4, -0.2) is 40.0 Å². The minimum Gasteiger partial charge on any atom is -0.477 e. The third-order valence-corrected chi connectivity index (χ3v) is 4.00. The van der Waals surface area contributed by atoms with Crippen LogP contribution in [0.3, 0.4) is 0 Å². The number of hydrogen-bond acceptors (Lipinski definition) is 4. The molecule has 0 unspecified atom stereocenters. The van der Waals surface area contributed by atoms with Gasteiger partial charge < -0.3 is 10.0 Å². The number of carboxylic acids is 1. The summed E-state index contributed by atoms with van der Waals surface area (Å²) in [7, 11) is 0. The smallest absolute Gasteiger partial charge is 0.347 e. The van der Waals surface area contributed by atoms with E-state index in [4.69, 9.17) is 5.11 Å². The Morgan fingerprint density at radius 2 is 1.80 bits per heavy atom. The quantitative estimate of drug-likeness (QED) is 0.801. The summed E-state index contributed by atoms with van der Waals surface area (Å²) < 4.78 is 0. The first-order valence-corrected chi connectivity index (χ1v) is 7.84. The maximum absolute atomic E-state index is 12.2. The van der Waals surface area contributed by atoms with Gasteiger partial charge in [0.1, 0.15) is 9.88 Å². The molecule has 0 saturated heterocycles. The van der Waals surface area contributed by atoms with Crippen LogP contribution >= 0.6 is 11.3 Å². The van der Waals surface area contributed by atoms with E-state index in [1.807, 2.05) is 25.7 Å². The maximum Gasteiger partial charge on any atom is 0.347 e. The molecule has 0 atom stereocenters. The number of aromatic nitrogens is 1. The molecule has 1 amide bonds. The number of aromatic carboxylic acids is 1. The number of nitrogens with zero attached hydrogens (tertiary/aromatic N) is 2. The summed E-state index contributed by atoms with van der Waals surface area (Å²) in [5.41, 5.74) is 0.572. The standard InChI is InChI=1S/C14H22N2O3S/c1-4-7-16(8-5-2)12(17)9-11-15-10(6-3)13(20-11)14(18)19/h4-9H2,1-3H3,(H,18,19). The highest BCUT2D eigenvalue weighted by Gasteiger charge is 2.19. The maximum atomic E-state index is 12.2. The van der Waals surface area contributed by atoms with E-state index in [1.165, 1.54) is 0 Å². The first-order valence-electron chi connectivity index (χ1n) is 7.03. The van der Waals surface area contributed by atoms with Gasteiger partial charge >= 0.3 is 5.97 Å². The number of hydrogen-bond donors (Lipinski definition) is 1. The first kappa shape index (κ1) is 16.6. The zero-order chi connectivity index (χ0) is 15.1. The normalized spacial score (nSPS) is 10.6. The lowest BCUT2D eigenvalue weighted by Gasteiger charge is -2.20. The zero-order valence-electron chi connectivity index (χ0n) is 12.3. The van der Waals surface area contributed by atoms with Crippen LogP contribution < -0.4 is 0 Å². The number of rotatable bonds is 8. The summed E-state index contributed by atoms with van der Waals surface area (Å²) in [5, 5.41) is 9.70. The van der Waals surface area contributed by atoms with E-state index < -0.39 is 5.97 Å². The van der Waals surface area contributed by atoms with E-state index in [-0.39, 0.29) is 17.2 Å². The van der Waals surface area contributed by atoms with Gasteiger partial charge in [0.15, 0.2) is 0 Å². The van der Waals surface area contributed by atoms with Crippen LogP contribution in [0, 0.1) is 0 Å². The number of aryl methyl sites for hydroxylation is 1. The lowest BCUT2D eigenvalue weighted by atomic mass is 10.3. The molecule has 20 heavy (non-hydrogen) atoms. The molecule has 0 saturated carbocycles. The van der Waals surface area contributed by atoms with Gasteiger partial charge in [-0.15, -0.1) is 11.3 Å². The van der Waals surface area contributed by atoms with Gasteiger partial charge in [-0.2, -0.15) is 0 Å². The highest BCUT2D eigenvalue weighted by atomic mass is 32.1. The predicted octanol–water partition coefficient (Wildman–Crippen LogP) is 2.59. The average Bonchev–Trinajstić information content (AvgIpc) is 2.81. The Balaban J connectivity index is 2.81. The largest absolute Gasteiger partial charge is 0.477 e. The Morgan fingerprint density at radius 3 is 2.20 bits per heavy atom. The van der Waals surface area contributed by atoms with E-state index in [0.717, 1.165) is 37.3 Å². The van der Waals surface area contributed by atoms with Crippen LogP contribution in [0.4, 0.5) is 0 Å². The Bertz CT molecular complexity index is 465. The van der Waals surface area contributed by atoms with Gasteiger partial charge in [-0.05, 0) is 19.3 Å². The van der Waals surface area contributed by atoms with Gasteiger partial charge in [0.25, 0.3) is 0 Å². The average molecular weight is 298 g/mol. The van der Waals surface area contributed by atoms with E-state index in [0.29, 0.717) is 17.1 Å². The fourth-order valence-corrected chi connectivity index (χ4v) is 3.01. The van der Waals surface area contributed by atoms with Gasteiger partial charge in [0.2, 0.25) is 5.91 Å². The van der Waals surface area contributed by atoms with Crippen LogP contribution in [0.15, 0.2) is 0 Å². The third kappa shape index (κ3) is 4.30. The molecule has 0 spiro atoms.